The molecule has 0 heterocycles. The average molecular weight is 269 g/mol. The number of amides is 1. The van der Waals surface area contributed by atoms with E-state index >= 15 is 0 Å². The highest BCUT2D eigenvalue weighted by molar-refractivity contribution is 5.75. The summed E-state index contributed by atoms with van der Waals surface area (Å²) in [6.07, 6.45) is 12.5. The minimum Gasteiger partial charge on any atom is -0.359 e. The first kappa shape index (κ1) is 18.5. The Labute approximate surface area is 120 Å². The Balaban J connectivity index is 3.24. The van der Waals surface area contributed by atoms with Gasteiger partial charge in [-0.15, -0.1) is 0 Å². The van der Waals surface area contributed by atoms with Crippen molar-refractivity contribution in [2.24, 2.45) is 11.8 Å². The summed E-state index contributed by atoms with van der Waals surface area (Å²) < 4.78 is 0. The smallest absolute Gasteiger partial charge is 0.219 e. The van der Waals surface area contributed by atoms with Gasteiger partial charge in [-0.05, 0) is 18.3 Å². The van der Waals surface area contributed by atoms with Gasteiger partial charge in [-0.1, -0.05) is 72.1 Å². The van der Waals surface area contributed by atoms with Gasteiger partial charge in [0, 0.05) is 13.5 Å². The molecule has 0 spiro atoms. The van der Waals surface area contributed by atoms with E-state index in [0.717, 1.165) is 18.3 Å². The molecule has 0 aliphatic rings. The second-order valence-electron chi connectivity index (χ2n) is 6.41. The standard InChI is InChI=1S/C17H35NO/c1-15(2)11-9-10-13-16(3)12-7-5-6-8-14-17(19)18-4/h15-16H,5-14H2,1-4H3,(H,18,19). The van der Waals surface area contributed by atoms with Crippen LogP contribution in [0.3, 0.4) is 0 Å². The van der Waals surface area contributed by atoms with Crippen molar-refractivity contribution < 1.29 is 4.79 Å². The number of nitrogens with one attached hydrogen (secondary N) is 1. The van der Waals surface area contributed by atoms with Gasteiger partial charge < -0.3 is 5.32 Å². The summed E-state index contributed by atoms with van der Waals surface area (Å²) in [4.78, 5) is 11.0. The maximum Gasteiger partial charge on any atom is 0.219 e. The van der Waals surface area contributed by atoms with Crippen molar-refractivity contribution in [3.63, 3.8) is 0 Å². The van der Waals surface area contributed by atoms with Crippen LogP contribution in [0.4, 0.5) is 0 Å². The third kappa shape index (κ3) is 13.7. The summed E-state index contributed by atoms with van der Waals surface area (Å²) in [7, 11) is 1.71. The fourth-order valence-corrected chi connectivity index (χ4v) is 2.45. The SMILES string of the molecule is CNC(=O)CCCCCCC(C)CCCCC(C)C. The lowest BCUT2D eigenvalue weighted by Crippen LogP contribution is -2.16. The molecule has 0 aliphatic heterocycles. The molecule has 0 saturated heterocycles. The van der Waals surface area contributed by atoms with Crippen molar-refractivity contribution in [3.8, 4) is 0 Å². The molecule has 1 amide bonds. The summed E-state index contributed by atoms with van der Waals surface area (Å²) in [6.45, 7) is 7.00. The molecule has 0 aromatic carbocycles. The molecular weight excluding hydrogens is 234 g/mol. The number of hydrogen-bond acceptors (Lipinski definition) is 1. The van der Waals surface area contributed by atoms with Crippen LogP contribution in [0, 0.1) is 11.8 Å². The third-order valence-corrected chi connectivity index (χ3v) is 3.86. The van der Waals surface area contributed by atoms with Gasteiger partial charge in [-0.2, -0.15) is 0 Å². The molecule has 2 heteroatoms. The zero-order chi connectivity index (χ0) is 14.5. The highest BCUT2D eigenvalue weighted by Crippen LogP contribution is 2.18. The van der Waals surface area contributed by atoms with Gasteiger partial charge in [-0.3, -0.25) is 4.79 Å². The first-order chi connectivity index (χ1) is 9.06. The quantitative estimate of drug-likeness (QED) is 0.500. The van der Waals surface area contributed by atoms with Crippen molar-refractivity contribution >= 4 is 5.91 Å². The molecule has 1 N–H and O–H groups in total. The zero-order valence-corrected chi connectivity index (χ0v) is 13.6. The molecular formula is C17H35NO. The second kappa shape index (κ2) is 12.5. The lowest BCUT2D eigenvalue weighted by atomic mass is 9.95. The van der Waals surface area contributed by atoms with Crippen LogP contribution in [-0.4, -0.2) is 13.0 Å². The van der Waals surface area contributed by atoms with Gasteiger partial charge in [-0.25, -0.2) is 0 Å². The van der Waals surface area contributed by atoms with Gasteiger partial charge in [0.05, 0.1) is 0 Å². The van der Waals surface area contributed by atoms with Crippen LogP contribution in [-0.2, 0) is 4.79 Å². The van der Waals surface area contributed by atoms with Gasteiger partial charge in [0.25, 0.3) is 0 Å². The summed E-state index contributed by atoms with van der Waals surface area (Å²) in [5.41, 5.74) is 0. The van der Waals surface area contributed by atoms with Gasteiger partial charge in [0.15, 0.2) is 0 Å². The van der Waals surface area contributed by atoms with E-state index in [-0.39, 0.29) is 5.91 Å². The van der Waals surface area contributed by atoms with Crippen LogP contribution < -0.4 is 5.32 Å². The summed E-state index contributed by atoms with van der Waals surface area (Å²) >= 11 is 0. The molecule has 0 aromatic heterocycles. The van der Waals surface area contributed by atoms with Crippen molar-refractivity contribution in [2.75, 3.05) is 7.05 Å². The maximum atomic E-state index is 11.0. The first-order valence-corrected chi connectivity index (χ1v) is 8.26. The molecule has 19 heavy (non-hydrogen) atoms. The van der Waals surface area contributed by atoms with Crippen molar-refractivity contribution in [3.05, 3.63) is 0 Å². The third-order valence-electron chi connectivity index (χ3n) is 3.86. The number of rotatable bonds is 12. The maximum absolute atomic E-state index is 11.0. The Morgan fingerprint density at radius 3 is 1.95 bits per heavy atom. The van der Waals surface area contributed by atoms with E-state index in [1.807, 2.05) is 0 Å². The second-order valence-corrected chi connectivity index (χ2v) is 6.41. The minimum atomic E-state index is 0.179. The Kier molecular flexibility index (Phi) is 12.2. The van der Waals surface area contributed by atoms with Crippen LogP contribution in [0.2, 0.25) is 0 Å². The predicted octanol–water partition coefficient (Wildman–Crippen LogP) is 4.93. The molecule has 0 aliphatic carbocycles. The molecule has 0 bridgehead atoms. The monoisotopic (exact) mass is 269 g/mol. The summed E-state index contributed by atoms with van der Waals surface area (Å²) in [5.74, 6) is 1.92. The number of carbonyl (C=O) groups excluding carboxylic acids is 1. The topological polar surface area (TPSA) is 29.1 Å². The molecule has 0 saturated carbocycles. The normalized spacial score (nSPS) is 12.7. The number of hydrogen-bond donors (Lipinski definition) is 1. The van der Waals surface area contributed by atoms with Crippen molar-refractivity contribution in [1.29, 1.82) is 0 Å². The highest BCUT2D eigenvalue weighted by atomic mass is 16.1. The van der Waals surface area contributed by atoms with Gasteiger partial charge in [0.1, 0.15) is 0 Å². The van der Waals surface area contributed by atoms with E-state index in [2.05, 4.69) is 26.1 Å². The summed E-state index contributed by atoms with van der Waals surface area (Å²) in [6, 6.07) is 0. The van der Waals surface area contributed by atoms with E-state index in [9.17, 15) is 4.79 Å². The predicted molar refractivity (Wildman–Crippen MR) is 84.2 cm³/mol. The number of carbonyl (C=O) groups is 1. The lowest BCUT2D eigenvalue weighted by Gasteiger charge is -2.11. The van der Waals surface area contributed by atoms with Crippen LogP contribution in [0.15, 0.2) is 0 Å². The highest BCUT2D eigenvalue weighted by Gasteiger charge is 2.03. The molecule has 0 rings (SSSR count). The molecule has 0 radical (unpaired) electrons. The van der Waals surface area contributed by atoms with Crippen LogP contribution in [0.5, 0.6) is 0 Å². The molecule has 1 atom stereocenters. The van der Waals surface area contributed by atoms with E-state index in [0.29, 0.717) is 6.42 Å². The molecule has 1 unspecified atom stereocenters. The molecule has 0 fully saturated rings. The van der Waals surface area contributed by atoms with Crippen LogP contribution in [0.1, 0.15) is 85.0 Å². The van der Waals surface area contributed by atoms with E-state index in [4.69, 9.17) is 0 Å². The Hall–Kier alpha value is -0.530. The van der Waals surface area contributed by atoms with E-state index in [1.165, 1.54) is 51.4 Å². The largest absolute Gasteiger partial charge is 0.359 e. The Morgan fingerprint density at radius 2 is 1.37 bits per heavy atom. The van der Waals surface area contributed by atoms with Gasteiger partial charge >= 0.3 is 0 Å². The first-order valence-electron chi connectivity index (χ1n) is 8.26. The fourth-order valence-electron chi connectivity index (χ4n) is 2.45. The molecule has 114 valence electrons. The van der Waals surface area contributed by atoms with E-state index < -0.39 is 0 Å². The van der Waals surface area contributed by atoms with Crippen LogP contribution in [0.25, 0.3) is 0 Å². The van der Waals surface area contributed by atoms with Crippen LogP contribution >= 0.6 is 0 Å². The average Bonchev–Trinajstić information content (AvgIpc) is 2.38. The zero-order valence-electron chi connectivity index (χ0n) is 13.6. The molecule has 2 nitrogen and oxygen atoms in total. The Morgan fingerprint density at radius 1 is 0.842 bits per heavy atom. The van der Waals surface area contributed by atoms with Crippen molar-refractivity contribution in [2.45, 2.75) is 85.0 Å². The Bertz CT molecular complexity index is 213. The summed E-state index contributed by atoms with van der Waals surface area (Å²) in [5, 5.41) is 2.67. The molecule has 0 aromatic rings. The van der Waals surface area contributed by atoms with Crippen molar-refractivity contribution in [1.82, 2.24) is 5.32 Å². The number of unbranched alkanes of at least 4 members (excludes halogenated alkanes) is 4. The lowest BCUT2D eigenvalue weighted by molar-refractivity contribution is -0.120. The van der Waals surface area contributed by atoms with Gasteiger partial charge in [0.2, 0.25) is 5.91 Å². The minimum absolute atomic E-state index is 0.179. The fraction of sp³-hybridized carbons (Fsp3) is 0.941. The van der Waals surface area contributed by atoms with E-state index in [1.54, 1.807) is 7.05 Å².